The van der Waals surface area contributed by atoms with Crippen molar-refractivity contribution in [3.8, 4) is 0 Å². The van der Waals surface area contributed by atoms with Gasteiger partial charge in [0.05, 0.1) is 6.04 Å². The van der Waals surface area contributed by atoms with Crippen LogP contribution in [0.25, 0.3) is 0 Å². The Balaban J connectivity index is 1.84. The van der Waals surface area contributed by atoms with Crippen LogP contribution in [0.1, 0.15) is 34.0 Å². The number of nitrogens with two attached hydrogens (primary N) is 1. The van der Waals surface area contributed by atoms with E-state index in [1.54, 1.807) is 17.5 Å². The number of halogens is 1. The Bertz CT molecular complexity index is 580. The van der Waals surface area contributed by atoms with Crippen LogP contribution in [-0.4, -0.2) is 17.4 Å². The molecule has 6 heteroatoms. The number of thiazole rings is 1. The molecule has 2 aromatic rings. The minimum absolute atomic E-state index is 0.166. The van der Waals surface area contributed by atoms with Crippen molar-refractivity contribution < 1.29 is 9.18 Å². The largest absolute Gasteiger partial charge is 0.350 e. The number of hydrogen-bond acceptors (Lipinski definition) is 4. The summed E-state index contributed by atoms with van der Waals surface area (Å²) in [6.45, 7) is 2.31. The fourth-order valence-corrected chi connectivity index (χ4v) is 2.42. The Morgan fingerprint density at radius 3 is 2.75 bits per heavy atom. The van der Waals surface area contributed by atoms with Crippen LogP contribution < -0.4 is 11.1 Å². The fourth-order valence-electron chi connectivity index (χ4n) is 1.66. The predicted octanol–water partition coefficient (Wildman–Crippen LogP) is 2.27. The number of carbonyl (C=O) groups excluding carboxylic acids is 1. The topological polar surface area (TPSA) is 68.0 Å². The molecule has 0 radical (unpaired) electrons. The third kappa shape index (κ3) is 3.85. The summed E-state index contributed by atoms with van der Waals surface area (Å²) in [5, 5.41) is 5.23. The molecular weight excluding hydrogens is 277 g/mol. The van der Waals surface area contributed by atoms with E-state index in [-0.39, 0.29) is 17.8 Å². The zero-order valence-corrected chi connectivity index (χ0v) is 11.9. The first-order valence-corrected chi connectivity index (χ1v) is 7.18. The van der Waals surface area contributed by atoms with Crippen LogP contribution in [0.4, 0.5) is 4.39 Å². The van der Waals surface area contributed by atoms with Crippen molar-refractivity contribution in [2.24, 2.45) is 5.73 Å². The molecule has 0 aliphatic carbocycles. The number of nitrogens with zero attached hydrogens (tertiary/aromatic N) is 1. The molecule has 0 spiro atoms. The number of benzene rings is 1. The molecular formula is C14H16FN3OS. The second-order valence-corrected chi connectivity index (χ2v) is 5.38. The molecule has 1 unspecified atom stereocenters. The average molecular weight is 293 g/mol. The van der Waals surface area contributed by atoms with Crippen molar-refractivity contribution >= 4 is 17.2 Å². The molecule has 0 aliphatic rings. The van der Waals surface area contributed by atoms with Crippen LogP contribution in [0.2, 0.25) is 0 Å². The normalized spacial score (nSPS) is 12.2. The van der Waals surface area contributed by atoms with E-state index in [1.807, 2.05) is 6.92 Å². The quantitative estimate of drug-likeness (QED) is 0.888. The molecule has 1 aromatic carbocycles. The summed E-state index contributed by atoms with van der Waals surface area (Å²) in [6.07, 6.45) is 0.649. The van der Waals surface area contributed by atoms with Gasteiger partial charge in [0, 0.05) is 11.9 Å². The highest BCUT2D eigenvalue weighted by atomic mass is 32.1. The monoisotopic (exact) mass is 293 g/mol. The van der Waals surface area contributed by atoms with E-state index >= 15 is 0 Å². The smallest absolute Gasteiger partial charge is 0.270 e. The number of aromatic nitrogens is 1. The van der Waals surface area contributed by atoms with Gasteiger partial charge in [-0.25, -0.2) is 9.37 Å². The number of nitrogens with one attached hydrogen (secondary N) is 1. The maximum atomic E-state index is 12.7. The summed E-state index contributed by atoms with van der Waals surface area (Å²) in [5.74, 6) is -0.473. The minimum atomic E-state index is -0.260. The van der Waals surface area contributed by atoms with Crippen LogP contribution in [0, 0.1) is 5.82 Å². The second kappa shape index (κ2) is 6.58. The van der Waals surface area contributed by atoms with Gasteiger partial charge in [0.15, 0.2) is 0 Å². The van der Waals surface area contributed by atoms with Crippen LogP contribution in [0.5, 0.6) is 0 Å². The molecule has 106 valence electrons. The summed E-state index contributed by atoms with van der Waals surface area (Å²) in [5.41, 5.74) is 7.06. The first kappa shape index (κ1) is 14.6. The molecule has 0 saturated carbocycles. The van der Waals surface area contributed by atoms with Crippen molar-refractivity contribution in [3.05, 3.63) is 51.7 Å². The van der Waals surface area contributed by atoms with E-state index in [9.17, 15) is 9.18 Å². The summed E-state index contributed by atoms with van der Waals surface area (Å²) in [4.78, 5) is 16.0. The molecule has 0 fully saturated rings. The van der Waals surface area contributed by atoms with Gasteiger partial charge in [0.1, 0.15) is 16.5 Å². The van der Waals surface area contributed by atoms with E-state index in [2.05, 4.69) is 10.3 Å². The van der Waals surface area contributed by atoms with Gasteiger partial charge in [0.25, 0.3) is 5.91 Å². The van der Waals surface area contributed by atoms with Gasteiger partial charge in [-0.15, -0.1) is 11.3 Å². The van der Waals surface area contributed by atoms with Crippen molar-refractivity contribution in [3.63, 3.8) is 0 Å². The Morgan fingerprint density at radius 2 is 2.15 bits per heavy atom. The van der Waals surface area contributed by atoms with E-state index in [4.69, 9.17) is 5.73 Å². The molecule has 0 aliphatic heterocycles. The van der Waals surface area contributed by atoms with Gasteiger partial charge in [0.2, 0.25) is 0 Å². The molecule has 0 bridgehead atoms. The molecule has 1 aromatic heterocycles. The highest BCUT2D eigenvalue weighted by molar-refractivity contribution is 7.09. The Morgan fingerprint density at radius 1 is 1.45 bits per heavy atom. The van der Waals surface area contributed by atoms with Gasteiger partial charge in [-0.05, 0) is 31.0 Å². The molecule has 1 heterocycles. The predicted molar refractivity (Wildman–Crippen MR) is 77.2 cm³/mol. The molecule has 1 atom stereocenters. The summed E-state index contributed by atoms with van der Waals surface area (Å²) >= 11 is 1.38. The highest BCUT2D eigenvalue weighted by Crippen LogP contribution is 2.15. The Hall–Kier alpha value is -1.79. The molecule has 2 rings (SSSR count). The van der Waals surface area contributed by atoms with Gasteiger partial charge >= 0.3 is 0 Å². The third-order valence-electron chi connectivity index (χ3n) is 2.76. The van der Waals surface area contributed by atoms with E-state index in [0.717, 1.165) is 10.6 Å². The summed E-state index contributed by atoms with van der Waals surface area (Å²) in [7, 11) is 0. The van der Waals surface area contributed by atoms with Crippen LogP contribution >= 0.6 is 11.3 Å². The Labute approximate surface area is 120 Å². The van der Waals surface area contributed by atoms with Crippen molar-refractivity contribution in [2.75, 3.05) is 6.54 Å². The summed E-state index contributed by atoms with van der Waals surface area (Å²) < 4.78 is 12.7. The van der Waals surface area contributed by atoms with Crippen molar-refractivity contribution in [2.45, 2.75) is 19.4 Å². The lowest BCUT2D eigenvalue weighted by Crippen LogP contribution is -2.26. The summed E-state index contributed by atoms with van der Waals surface area (Å²) in [6, 6.07) is 6.07. The molecule has 1 amide bonds. The molecule has 4 nitrogen and oxygen atoms in total. The SMILES string of the molecule is CC(N)c1nc(C(=O)NCCc2ccc(F)cc2)cs1. The first-order valence-electron chi connectivity index (χ1n) is 6.30. The zero-order valence-electron chi connectivity index (χ0n) is 11.1. The number of carbonyl (C=O) groups is 1. The highest BCUT2D eigenvalue weighted by Gasteiger charge is 2.12. The van der Waals surface area contributed by atoms with E-state index in [1.165, 1.54) is 23.5 Å². The lowest BCUT2D eigenvalue weighted by molar-refractivity contribution is 0.0949. The van der Waals surface area contributed by atoms with Gasteiger partial charge in [-0.1, -0.05) is 12.1 Å². The zero-order chi connectivity index (χ0) is 14.5. The Kier molecular flexibility index (Phi) is 4.81. The van der Waals surface area contributed by atoms with E-state index < -0.39 is 0 Å². The van der Waals surface area contributed by atoms with Crippen molar-refractivity contribution in [1.29, 1.82) is 0 Å². The van der Waals surface area contributed by atoms with E-state index in [0.29, 0.717) is 18.7 Å². The molecule has 3 N–H and O–H groups in total. The number of amides is 1. The first-order chi connectivity index (χ1) is 9.56. The van der Waals surface area contributed by atoms with Crippen LogP contribution in [-0.2, 0) is 6.42 Å². The second-order valence-electron chi connectivity index (χ2n) is 4.49. The van der Waals surface area contributed by atoms with Gasteiger partial charge in [-0.2, -0.15) is 0 Å². The maximum Gasteiger partial charge on any atom is 0.270 e. The van der Waals surface area contributed by atoms with Crippen LogP contribution in [0.3, 0.4) is 0 Å². The fraction of sp³-hybridized carbons (Fsp3) is 0.286. The minimum Gasteiger partial charge on any atom is -0.350 e. The lowest BCUT2D eigenvalue weighted by Gasteiger charge is -2.03. The average Bonchev–Trinajstić information content (AvgIpc) is 2.91. The third-order valence-corrected chi connectivity index (χ3v) is 3.80. The standard InChI is InChI=1S/C14H16FN3OS/c1-9(16)14-18-12(8-20-14)13(19)17-7-6-10-2-4-11(15)5-3-10/h2-5,8-9H,6-7,16H2,1H3,(H,17,19). The molecule has 20 heavy (non-hydrogen) atoms. The lowest BCUT2D eigenvalue weighted by atomic mass is 10.1. The van der Waals surface area contributed by atoms with Gasteiger partial charge < -0.3 is 11.1 Å². The van der Waals surface area contributed by atoms with Crippen molar-refractivity contribution in [1.82, 2.24) is 10.3 Å². The molecule has 0 saturated heterocycles. The van der Waals surface area contributed by atoms with Gasteiger partial charge in [-0.3, -0.25) is 4.79 Å². The van der Waals surface area contributed by atoms with Crippen LogP contribution in [0.15, 0.2) is 29.6 Å². The number of hydrogen-bond donors (Lipinski definition) is 2. The number of rotatable bonds is 5. The maximum absolute atomic E-state index is 12.7.